The van der Waals surface area contributed by atoms with Gasteiger partial charge < -0.3 is 15.1 Å². The number of nitrogens with one attached hydrogen (secondary N) is 1. The average molecular weight is 413 g/mol. The maximum absolute atomic E-state index is 6.00. The molecular formula is C17H25ClN6S2. The molecule has 2 aromatic rings. The van der Waals surface area contributed by atoms with E-state index in [1.807, 2.05) is 6.07 Å². The van der Waals surface area contributed by atoms with Gasteiger partial charge in [0.15, 0.2) is 5.96 Å². The van der Waals surface area contributed by atoms with Crippen LogP contribution >= 0.6 is 34.5 Å². The fraction of sp³-hybridized carbons (Fsp3) is 0.588. The first-order chi connectivity index (χ1) is 12.7. The second-order valence-electron chi connectivity index (χ2n) is 6.01. The van der Waals surface area contributed by atoms with Gasteiger partial charge in [-0.3, -0.25) is 4.99 Å². The number of hydrogen-bond donors (Lipinski definition) is 1. The van der Waals surface area contributed by atoms with Gasteiger partial charge in [0.2, 0.25) is 5.13 Å². The number of nitrogens with zero attached hydrogens (tertiary/aromatic N) is 5. The summed E-state index contributed by atoms with van der Waals surface area (Å²) in [5.41, 5.74) is 0. The van der Waals surface area contributed by atoms with Crippen LogP contribution in [-0.4, -0.2) is 59.5 Å². The molecule has 0 saturated carbocycles. The lowest BCUT2D eigenvalue weighted by atomic mass is 10.3. The van der Waals surface area contributed by atoms with Gasteiger partial charge in [-0.1, -0.05) is 18.5 Å². The number of aromatic nitrogens is 2. The van der Waals surface area contributed by atoms with Crippen LogP contribution in [0.4, 0.5) is 5.13 Å². The first-order valence-electron chi connectivity index (χ1n) is 9.04. The third kappa shape index (κ3) is 5.08. The van der Waals surface area contributed by atoms with Gasteiger partial charge in [0.05, 0.1) is 4.34 Å². The second kappa shape index (κ2) is 9.53. The van der Waals surface area contributed by atoms with Crippen molar-refractivity contribution in [1.29, 1.82) is 0 Å². The standard InChI is InChI=1S/C17H25ClN6S2/c1-3-15-21-17(26-22-15)24-11-9-23(10-12-24)16(19-4-2)20-8-7-13-5-6-14(18)25-13/h5-6H,3-4,7-12H2,1-2H3,(H,19,20). The minimum absolute atomic E-state index is 0.773. The summed E-state index contributed by atoms with van der Waals surface area (Å²) in [5.74, 6) is 1.94. The Hall–Kier alpha value is -1.38. The van der Waals surface area contributed by atoms with Crippen LogP contribution in [0.25, 0.3) is 0 Å². The maximum Gasteiger partial charge on any atom is 0.205 e. The van der Waals surface area contributed by atoms with Crippen LogP contribution in [0.2, 0.25) is 4.34 Å². The summed E-state index contributed by atoms with van der Waals surface area (Å²) < 4.78 is 5.24. The Balaban J connectivity index is 1.54. The highest BCUT2D eigenvalue weighted by Gasteiger charge is 2.21. The Kier molecular flexibility index (Phi) is 7.10. The van der Waals surface area contributed by atoms with Gasteiger partial charge >= 0.3 is 0 Å². The van der Waals surface area contributed by atoms with Crippen LogP contribution in [-0.2, 0) is 12.8 Å². The van der Waals surface area contributed by atoms with Gasteiger partial charge in [-0.15, -0.1) is 11.3 Å². The molecule has 3 heterocycles. The Morgan fingerprint density at radius 3 is 2.69 bits per heavy atom. The van der Waals surface area contributed by atoms with E-state index in [1.54, 1.807) is 11.3 Å². The number of aryl methyl sites for hydroxylation is 1. The van der Waals surface area contributed by atoms with Crippen molar-refractivity contribution in [3.8, 4) is 0 Å². The first-order valence-corrected chi connectivity index (χ1v) is 11.0. The lowest BCUT2D eigenvalue weighted by Crippen LogP contribution is -2.52. The molecule has 1 aliphatic rings. The molecule has 26 heavy (non-hydrogen) atoms. The van der Waals surface area contributed by atoms with E-state index < -0.39 is 0 Å². The summed E-state index contributed by atoms with van der Waals surface area (Å²) in [6, 6.07) is 4.04. The average Bonchev–Trinajstić information content (AvgIpc) is 3.30. The lowest BCUT2D eigenvalue weighted by Gasteiger charge is -2.36. The number of rotatable bonds is 6. The number of piperazine rings is 1. The molecule has 0 amide bonds. The highest BCUT2D eigenvalue weighted by atomic mass is 35.5. The molecule has 1 N–H and O–H groups in total. The van der Waals surface area contributed by atoms with Crippen molar-refractivity contribution in [2.45, 2.75) is 26.7 Å². The fourth-order valence-electron chi connectivity index (χ4n) is 2.81. The fourth-order valence-corrected chi connectivity index (χ4v) is 4.69. The highest BCUT2D eigenvalue weighted by Crippen LogP contribution is 2.22. The van der Waals surface area contributed by atoms with Crippen molar-refractivity contribution in [3.05, 3.63) is 27.2 Å². The van der Waals surface area contributed by atoms with Crippen LogP contribution in [0, 0.1) is 0 Å². The lowest BCUT2D eigenvalue weighted by molar-refractivity contribution is 0.372. The van der Waals surface area contributed by atoms with E-state index in [4.69, 9.17) is 16.6 Å². The van der Waals surface area contributed by atoms with E-state index in [-0.39, 0.29) is 0 Å². The highest BCUT2D eigenvalue weighted by molar-refractivity contribution is 7.16. The third-order valence-electron chi connectivity index (χ3n) is 4.21. The zero-order valence-corrected chi connectivity index (χ0v) is 17.6. The topological polar surface area (TPSA) is 56.7 Å². The summed E-state index contributed by atoms with van der Waals surface area (Å²) >= 11 is 9.14. The zero-order valence-electron chi connectivity index (χ0n) is 15.2. The Morgan fingerprint density at radius 2 is 2.08 bits per heavy atom. The molecule has 142 valence electrons. The van der Waals surface area contributed by atoms with Crippen LogP contribution in [0.5, 0.6) is 0 Å². The molecule has 3 rings (SSSR count). The van der Waals surface area contributed by atoms with E-state index in [9.17, 15) is 0 Å². The van der Waals surface area contributed by atoms with E-state index in [0.29, 0.717) is 0 Å². The molecule has 0 aliphatic carbocycles. The third-order valence-corrected chi connectivity index (χ3v) is 6.31. The minimum Gasteiger partial charge on any atom is -0.357 e. The second-order valence-corrected chi connectivity index (χ2v) is 8.54. The van der Waals surface area contributed by atoms with E-state index in [0.717, 1.165) is 73.4 Å². The molecule has 0 spiro atoms. The van der Waals surface area contributed by atoms with Gasteiger partial charge in [0.25, 0.3) is 0 Å². The van der Waals surface area contributed by atoms with Crippen molar-refractivity contribution < 1.29 is 0 Å². The summed E-state index contributed by atoms with van der Waals surface area (Å²) in [7, 11) is 0. The van der Waals surface area contributed by atoms with Crippen molar-refractivity contribution in [3.63, 3.8) is 0 Å². The smallest absolute Gasteiger partial charge is 0.205 e. The van der Waals surface area contributed by atoms with Gasteiger partial charge in [-0.05, 0) is 19.1 Å². The van der Waals surface area contributed by atoms with Crippen molar-refractivity contribution in [2.75, 3.05) is 44.2 Å². The monoisotopic (exact) mass is 412 g/mol. The van der Waals surface area contributed by atoms with E-state index in [2.05, 4.69) is 44.4 Å². The summed E-state index contributed by atoms with van der Waals surface area (Å²) in [5, 5.41) is 4.46. The molecule has 0 aromatic carbocycles. The first kappa shape index (κ1) is 19.4. The molecule has 9 heteroatoms. The van der Waals surface area contributed by atoms with Crippen LogP contribution in [0.3, 0.4) is 0 Å². The van der Waals surface area contributed by atoms with Crippen molar-refractivity contribution in [1.82, 2.24) is 19.6 Å². The quantitative estimate of drug-likeness (QED) is 0.583. The molecule has 1 aliphatic heterocycles. The van der Waals surface area contributed by atoms with Crippen molar-refractivity contribution >= 4 is 45.6 Å². The number of aliphatic imine (C=N–C) groups is 1. The molecule has 1 saturated heterocycles. The summed E-state index contributed by atoms with van der Waals surface area (Å²) in [6.45, 7) is 9.63. The Labute approximate surface area is 168 Å². The molecule has 2 aromatic heterocycles. The summed E-state index contributed by atoms with van der Waals surface area (Å²) in [6.07, 6.45) is 1.82. The van der Waals surface area contributed by atoms with Gasteiger partial charge in [-0.25, -0.2) is 4.98 Å². The van der Waals surface area contributed by atoms with Crippen LogP contribution in [0.1, 0.15) is 24.5 Å². The van der Waals surface area contributed by atoms with E-state index >= 15 is 0 Å². The maximum atomic E-state index is 6.00. The predicted octanol–water partition coefficient (Wildman–Crippen LogP) is 3.15. The molecule has 0 atom stereocenters. The zero-order chi connectivity index (χ0) is 18.4. The molecule has 6 nitrogen and oxygen atoms in total. The molecule has 1 fully saturated rings. The molecular weight excluding hydrogens is 388 g/mol. The molecule has 0 unspecified atom stereocenters. The number of anilines is 1. The molecule has 0 radical (unpaired) electrons. The number of thiophene rings is 1. The normalized spacial score (nSPS) is 15.6. The largest absolute Gasteiger partial charge is 0.357 e. The van der Waals surface area contributed by atoms with Gasteiger partial charge in [-0.2, -0.15) is 4.37 Å². The molecule has 0 bridgehead atoms. The summed E-state index contributed by atoms with van der Waals surface area (Å²) in [4.78, 5) is 15.4. The SMILES string of the molecule is CCNC(=NCCc1ccc(Cl)s1)N1CCN(c2nc(CC)ns2)CC1. The van der Waals surface area contributed by atoms with Crippen LogP contribution < -0.4 is 10.2 Å². The minimum atomic E-state index is 0.773. The van der Waals surface area contributed by atoms with E-state index in [1.165, 1.54) is 16.4 Å². The van der Waals surface area contributed by atoms with Crippen molar-refractivity contribution in [2.24, 2.45) is 4.99 Å². The number of halogens is 1. The Bertz CT molecular complexity index is 720. The number of guanidine groups is 1. The van der Waals surface area contributed by atoms with Crippen LogP contribution in [0.15, 0.2) is 17.1 Å². The van der Waals surface area contributed by atoms with Gasteiger partial charge in [0.1, 0.15) is 5.82 Å². The number of hydrogen-bond acceptors (Lipinski definition) is 6. The Morgan fingerprint density at radius 1 is 1.27 bits per heavy atom. The van der Waals surface area contributed by atoms with Gasteiger partial charge in [0, 0.05) is 68.5 Å². The predicted molar refractivity (Wildman–Crippen MR) is 112 cm³/mol.